The fraction of sp³-hybridized carbons (Fsp3) is 0.760. The van der Waals surface area contributed by atoms with Crippen LogP contribution in [0, 0.1) is 29.6 Å². The van der Waals surface area contributed by atoms with Crippen molar-refractivity contribution in [2.24, 2.45) is 29.6 Å². The van der Waals surface area contributed by atoms with E-state index in [4.69, 9.17) is 4.74 Å². The second-order valence-corrected chi connectivity index (χ2v) is 9.47. The Labute approximate surface area is 186 Å². The van der Waals surface area contributed by atoms with Crippen molar-refractivity contribution in [1.29, 1.82) is 0 Å². The Kier molecular flexibility index (Phi) is 9.76. The summed E-state index contributed by atoms with van der Waals surface area (Å²) < 4.78 is 10.6. The zero-order chi connectivity index (χ0) is 23.1. The van der Waals surface area contributed by atoms with E-state index in [0.29, 0.717) is 18.3 Å². The lowest BCUT2D eigenvalue weighted by molar-refractivity contribution is -0.158. The van der Waals surface area contributed by atoms with Crippen LogP contribution in [0.15, 0.2) is 23.8 Å². The first-order chi connectivity index (χ1) is 14.7. The van der Waals surface area contributed by atoms with Crippen LogP contribution in [-0.4, -0.2) is 47.6 Å². The summed E-state index contributed by atoms with van der Waals surface area (Å²) in [4.78, 5) is 23.9. The number of ether oxygens (including phenoxy) is 2. The summed E-state index contributed by atoms with van der Waals surface area (Å²) in [5.74, 6) is 0.280. The molecule has 6 nitrogen and oxygen atoms in total. The zero-order valence-corrected chi connectivity index (χ0v) is 19.6. The van der Waals surface area contributed by atoms with E-state index in [1.165, 1.54) is 12.7 Å². The molecule has 31 heavy (non-hydrogen) atoms. The lowest BCUT2D eigenvalue weighted by atomic mass is 9.65. The number of aliphatic hydroxyl groups excluding tert-OH is 2. The Morgan fingerprint density at radius 2 is 1.94 bits per heavy atom. The number of esters is 2. The minimum absolute atomic E-state index is 0.113. The molecule has 2 rings (SSSR count). The predicted octanol–water partition coefficient (Wildman–Crippen LogP) is 3.80. The molecule has 0 spiro atoms. The molecule has 176 valence electrons. The number of rotatable bonds is 10. The molecule has 0 aromatic rings. The fourth-order valence-corrected chi connectivity index (χ4v) is 4.83. The molecule has 0 fully saturated rings. The van der Waals surface area contributed by atoms with E-state index in [0.717, 1.165) is 19.3 Å². The standard InChI is InChI=1S/C25H40O6/c1-6-16(3)25(29)31-22-12-15(2)11-18-8-7-17(4)21(24(18)22)10-9-19(26)13-20(27)14-23(28)30-5/h7-8,11,15-17,19-22,24,26-27H,6,9-10,12-14H2,1-5H3/t15-,16-,17-,19+,20+,21-,22-,24?/m0/s1. The third kappa shape index (κ3) is 7.18. The number of carbonyl (C=O) groups excluding carboxylic acids is 2. The molecule has 0 radical (unpaired) electrons. The van der Waals surface area contributed by atoms with Gasteiger partial charge in [0.2, 0.25) is 0 Å². The van der Waals surface area contributed by atoms with Crippen LogP contribution in [0.2, 0.25) is 0 Å². The smallest absolute Gasteiger partial charge is 0.308 e. The largest absolute Gasteiger partial charge is 0.469 e. The van der Waals surface area contributed by atoms with Gasteiger partial charge in [0.05, 0.1) is 31.7 Å². The maximum atomic E-state index is 12.5. The zero-order valence-electron chi connectivity index (χ0n) is 19.6. The topological polar surface area (TPSA) is 93.1 Å². The van der Waals surface area contributed by atoms with E-state index in [2.05, 4.69) is 36.8 Å². The highest BCUT2D eigenvalue weighted by atomic mass is 16.5. The van der Waals surface area contributed by atoms with Gasteiger partial charge in [0.15, 0.2) is 0 Å². The van der Waals surface area contributed by atoms with Gasteiger partial charge in [0.25, 0.3) is 0 Å². The summed E-state index contributed by atoms with van der Waals surface area (Å²) >= 11 is 0. The molecule has 6 heteroatoms. The van der Waals surface area contributed by atoms with Crippen LogP contribution in [0.1, 0.15) is 66.2 Å². The highest BCUT2D eigenvalue weighted by Crippen LogP contribution is 2.45. The Morgan fingerprint density at radius 1 is 1.23 bits per heavy atom. The molecule has 1 unspecified atom stereocenters. The van der Waals surface area contributed by atoms with E-state index in [-0.39, 0.29) is 42.7 Å². The predicted molar refractivity (Wildman–Crippen MR) is 119 cm³/mol. The van der Waals surface area contributed by atoms with Crippen molar-refractivity contribution in [3.05, 3.63) is 23.8 Å². The van der Waals surface area contributed by atoms with Crippen molar-refractivity contribution in [1.82, 2.24) is 0 Å². The second kappa shape index (κ2) is 11.8. The van der Waals surface area contributed by atoms with Gasteiger partial charge in [0, 0.05) is 5.92 Å². The highest BCUT2D eigenvalue weighted by molar-refractivity contribution is 5.72. The normalized spacial score (nSPS) is 30.5. The third-order valence-corrected chi connectivity index (χ3v) is 6.88. The van der Waals surface area contributed by atoms with E-state index < -0.39 is 18.2 Å². The summed E-state index contributed by atoms with van der Waals surface area (Å²) in [5.41, 5.74) is 1.23. The van der Waals surface area contributed by atoms with Crippen LogP contribution in [-0.2, 0) is 19.1 Å². The Bertz CT molecular complexity index is 669. The maximum absolute atomic E-state index is 12.5. The Morgan fingerprint density at radius 3 is 2.58 bits per heavy atom. The molecular formula is C25H40O6. The average molecular weight is 437 g/mol. The van der Waals surface area contributed by atoms with E-state index in [1.54, 1.807) is 0 Å². The number of aliphatic hydroxyl groups is 2. The van der Waals surface area contributed by atoms with Gasteiger partial charge >= 0.3 is 11.9 Å². The van der Waals surface area contributed by atoms with Crippen molar-refractivity contribution in [3.63, 3.8) is 0 Å². The van der Waals surface area contributed by atoms with Crippen LogP contribution in [0.4, 0.5) is 0 Å². The Balaban J connectivity index is 2.06. The molecule has 0 aliphatic heterocycles. The van der Waals surface area contributed by atoms with Crippen LogP contribution in [0.25, 0.3) is 0 Å². The second-order valence-electron chi connectivity index (χ2n) is 9.47. The molecule has 2 aliphatic carbocycles. The van der Waals surface area contributed by atoms with Gasteiger partial charge < -0.3 is 19.7 Å². The quantitative estimate of drug-likeness (QED) is 0.506. The minimum Gasteiger partial charge on any atom is -0.469 e. The maximum Gasteiger partial charge on any atom is 0.308 e. The lowest BCUT2D eigenvalue weighted by Crippen LogP contribution is -2.41. The Hall–Kier alpha value is -1.66. The van der Waals surface area contributed by atoms with Crippen molar-refractivity contribution < 1.29 is 29.3 Å². The molecule has 0 bridgehead atoms. The molecule has 0 saturated carbocycles. The van der Waals surface area contributed by atoms with Gasteiger partial charge in [-0.15, -0.1) is 0 Å². The van der Waals surface area contributed by atoms with E-state index in [9.17, 15) is 19.8 Å². The van der Waals surface area contributed by atoms with Crippen molar-refractivity contribution >= 4 is 11.9 Å². The summed E-state index contributed by atoms with van der Waals surface area (Å²) in [6, 6.07) is 0. The van der Waals surface area contributed by atoms with E-state index >= 15 is 0 Å². The molecule has 8 atom stereocenters. The van der Waals surface area contributed by atoms with Gasteiger partial charge in [-0.3, -0.25) is 9.59 Å². The highest BCUT2D eigenvalue weighted by Gasteiger charge is 2.41. The van der Waals surface area contributed by atoms with Crippen molar-refractivity contribution in [3.8, 4) is 0 Å². The molecule has 0 amide bonds. The summed E-state index contributed by atoms with van der Waals surface area (Å²) in [5, 5.41) is 20.5. The van der Waals surface area contributed by atoms with E-state index in [1.807, 2.05) is 13.8 Å². The first kappa shape index (κ1) is 25.6. The first-order valence-electron chi connectivity index (χ1n) is 11.7. The monoisotopic (exact) mass is 436 g/mol. The van der Waals surface area contributed by atoms with Crippen molar-refractivity contribution in [2.75, 3.05) is 7.11 Å². The lowest BCUT2D eigenvalue weighted by Gasteiger charge is -2.43. The molecule has 2 N–H and O–H groups in total. The summed E-state index contributed by atoms with van der Waals surface area (Å²) in [6.45, 7) is 8.22. The fourth-order valence-electron chi connectivity index (χ4n) is 4.83. The van der Waals surface area contributed by atoms with Gasteiger partial charge in [-0.1, -0.05) is 45.9 Å². The van der Waals surface area contributed by atoms with Gasteiger partial charge in [-0.05, 0) is 55.4 Å². The number of fused-ring (bicyclic) bond motifs is 1. The number of hydrogen-bond donors (Lipinski definition) is 2. The molecule has 0 aromatic heterocycles. The van der Waals surface area contributed by atoms with Gasteiger partial charge in [-0.25, -0.2) is 0 Å². The average Bonchev–Trinajstić information content (AvgIpc) is 2.72. The van der Waals surface area contributed by atoms with Crippen molar-refractivity contribution in [2.45, 2.75) is 84.5 Å². The van der Waals surface area contributed by atoms with Gasteiger partial charge in [0.1, 0.15) is 6.10 Å². The first-order valence-corrected chi connectivity index (χ1v) is 11.7. The minimum atomic E-state index is -0.915. The number of allylic oxidation sites excluding steroid dienone is 3. The van der Waals surface area contributed by atoms with Crippen LogP contribution >= 0.6 is 0 Å². The molecule has 0 aromatic carbocycles. The van der Waals surface area contributed by atoms with Gasteiger partial charge in [-0.2, -0.15) is 0 Å². The number of hydrogen-bond acceptors (Lipinski definition) is 6. The third-order valence-electron chi connectivity index (χ3n) is 6.88. The molecule has 0 heterocycles. The molecular weight excluding hydrogens is 396 g/mol. The van der Waals surface area contributed by atoms with Crippen LogP contribution in [0.3, 0.4) is 0 Å². The summed E-state index contributed by atoms with van der Waals surface area (Å²) in [7, 11) is 1.28. The van der Waals surface area contributed by atoms with Crippen LogP contribution in [0.5, 0.6) is 0 Å². The number of carbonyl (C=O) groups is 2. The van der Waals surface area contributed by atoms with Crippen LogP contribution < -0.4 is 0 Å². The molecule has 2 aliphatic rings. The molecule has 0 saturated heterocycles. The SMILES string of the molecule is CC[C@H](C)C(=O)O[C@H]1C[C@@H](C)C=C2C=C[C@H](C)[C@H](CC[C@@H](O)C[C@@H](O)CC(=O)OC)C21. The summed E-state index contributed by atoms with van der Waals surface area (Å²) in [6.07, 6.45) is 7.76. The number of methoxy groups -OCH3 is 1.